The first kappa shape index (κ1) is 18.7. The van der Waals surface area contributed by atoms with E-state index in [0.29, 0.717) is 37.4 Å². The van der Waals surface area contributed by atoms with E-state index in [4.69, 9.17) is 11.6 Å². The van der Waals surface area contributed by atoms with Crippen molar-refractivity contribution in [2.24, 2.45) is 5.41 Å². The molecular formula is C18H26ClN3O2. The maximum Gasteiger partial charge on any atom is 0.235 e. The van der Waals surface area contributed by atoms with Gasteiger partial charge in [0.05, 0.1) is 0 Å². The Bertz CT molecular complexity index is 585. The fourth-order valence-corrected chi connectivity index (χ4v) is 2.84. The molecule has 1 aliphatic carbocycles. The molecule has 1 fully saturated rings. The summed E-state index contributed by atoms with van der Waals surface area (Å²) >= 11 is 5.95. The van der Waals surface area contributed by atoms with Gasteiger partial charge in [0.15, 0.2) is 0 Å². The van der Waals surface area contributed by atoms with Crippen molar-refractivity contribution in [3.8, 4) is 0 Å². The van der Waals surface area contributed by atoms with E-state index in [1.54, 1.807) is 0 Å². The molecule has 2 rings (SSSR count). The van der Waals surface area contributed by atoms with Gasteiger partial charge < -0.3 is 15.5 Å². The van der Waals surface area contributed by atoms with Crippen molar-refractivity contribution in [3.05, 3.63) is 34.9 Å². The average molecular weight is 352 g/mol. The summed E-state index contributed by atoms with van der Waals surface area (Å²) < 4.78 is 0. The number of benzene rings is 1. The molecule has 24 heavy (non-hydrogen) atoms. The van der Waals surface area contributed by atoms with Gasteiger partial charge in [-0.25, -0.2) is 0 Å². The van der Waals surface area contributed by atoms with Crippen LogP contribution in [0.4, 0.5) is 0 Å². The molecule has 0 saturated heterocycles. The van der Waals surface area contributed by atoms with Crippen molar-refractivity contribution in [2.45, 2.75) is 25.7 Å². The molecule has 2 N–H and O–H groups in total. The normalized spacial score (nSPS) is 15.2. The third-order valence-electron chi connectivity index (χ3n) is 4.28. The largest absolute Gasteiger partial charge is 0.355 e. The van der Waals surface area contributed by atoms with Crippen molar-refractivity contribution in [3.63, 3.8) is 0 Å². The maximum absolute atomic E-state index is 12.4. The van der Waals surface area contributed by atoms with Crippen molar-refractivity contribution in [2.75, 3.05) is 33.7 Å². The first-order valence-electron chi connectivity index (χ1n) is 8.40. The lowest BCUT2D eigenvalue weighted by Crippen LogP contribution is -2.44. The molecule has 0 bridgehead atoms. The Balaban J connectivity index is 1.73. The van der Waals surface area contributed by atoms with Gasteiger partial charge in [-0.2, -0.15) is 0 Å². The van der Waals surface area contributed by atoms with E-state index in [1.807, 2.05) is 38.4 Å². The number of amides is 2. The molecule has 6 heteroatoms. The Kier molecular flexibility index (Phi) is 6.63. The van der Waals surface area contributed by atoms with E-state index in [-0.39, 0.29) is 11.8 Å². The molecule has 0 aromatic heterocycles. The Morgan fingerprint density at radius 2 is 1.83 bits per heavy atom. The molecule has 0 unspecified atom stereocenters. The zero-order chi connectivity index (χ0) is 17.6. The summed E-state index contributed by atoms with van der Waals surface area (Å²) in [4.78, 5) is 26.7. The lowest BCUT2D eigenvalue weighted by atomic mass is 10.0. The van der Waals surface area contributed by atoms with Crippen LogP contribution in [-0.4, -0.2) is 50.4 Å². The summed E-state index contributed by atoms with van der Waals surface area (Å²) in [6, 6.07) is 7.58. The molecule has 2 amide bonds. The molecule has 1 aromatic rings. The molecule has 0 aliphatic heterocycles. The van der Waals surface area contributed by atoms with Crippen molar-refractivity contribution >= 4 is 23.4 Å². The van der Waals surface area contributed by atoms with Gasteiger partial charge in [-0.1, -0.05) is 23.7 Å². The van der Waals surface area contributed by atoms with Gasteiger partial charge in [0, 0.05) is 18.1 Å². The molecule has 1 aliphatic rings. The van der Waals surface area contributed by atoms with Gasteiger partial charge >= 0.3 is 0 Å². The lowest BCUT2D eigenvalue weighted by Gasteiger charge is -2.16. The summed E-state index contributed by atoms with van der Waals surface area (Å²) in [5, 5.41) is 6.47. The Hall–Kier alpha value is -1.59. The fourth-order valence-electron chi connectivity index (χ4n) is 2.63. The first-order chi connectivity index (χ1) is 11.4. The molecule has 0 spiro atoms. The van der Waals surface area contributed by atoms with Crippen molar-refractivity contribution < 1.29 is 9.59 Å². The van der Waals surface area contributed by atoms with Crippen LogP contribution >= 0.6 is 11.6 Å². The SMILES string of the molecule is CN(C)CCCNC(=O)C1(C(=O)NCCc2cccc(Cl)c2)CC1. The Labute approximate surface area is 148 Å². The second kappa shape index (κ2) is 8.49. The monoisotopic (exact) mass is 351 g/mol. The number of nitrogens with one attached hydrogen (secondary N) is 2. The molecule has 5 nitrogen and oxygen atoms in total. The van der Waals surface area contributed by atoms with Crippen LogP contribution in [0.2, 0.25) is 5.02 Å². The maximum atomic E-state index is 12.4. The van der Waals surface area contributed by atoms with Gasteiger partial charge in [0.25, 0.3) is 0 Å². The molecule has 1 saturated carbocycles. The summed E-state index contributed by atoms with van der Waals surface area (Å²) in [7, 11) is 4.00. The van der Waals surface area contributed by atoms with Gasteiger partial charge in [0.1, 0.15) is 5.41 Å². The van der Waals surface area contributed by atoms with E-state index in [0.717, 1.165) is 18.5 Å². The van der Waals surface area contributed by atoms with E-state index in [2.05, 4.69) is 15.5 Å². The number of hydrogen-bond donors (Lipinski definition) is 2. The first-order valence-corrected chi connectivity index (χ1v) is 8.77. The van der Waals surface area contributed by atoms with E-state index < -0.39 is 5.41 Å². The highest BCUT2D eigenvalue weighted by Crippen LogP contribution is 2.46. The van der Waals surface area contributed by atoms with Gasteiger partial charge in [0.2, 0.25) is 11.8 Å². The summed E-state index contributed by atoms with van der Waals surface area (Å²) in [5.74, 6) is -0.295. The standard InChI is InChI=1S/C18H26ClN3O2/c1-22(2)12-4-10-20-16(23)18(8-9-18)17(24)21-11-7-14-5-3-6-15(19)13-14/h3,5-6,13H,4,7-12H2,1-2H3,(H,20,23)(H,21,24). The summed E-state index contributed by atoms with van der Waals surface area (Å²) in [6.07, 6.45) is 2.85. The second-order valence-corrected chi connectivity index (χ2v) is 7.07. The van der Waals surface area contributed by atoms with Crippen LogP contribution in [0.25, 0.3) is 0 Å². The highest BCUT2D eigenvalue weighted by Gasteiger charge is 2.56. The molecule has 0 atom stereocenters. The third kappa shape index (κ3) is 5.21. The smallest absolute Gasteiger partial charge is 0.235 e. The molecule has 0 heterocycles. The van der Waals surface area contributed by atoms with Crippen LogP contribution in [0.5, 0.6) is 0 Å². The van der Waals surface area contributed by atoms with E-state index in [9.17, 15) is 9.59 Å². The Morgan fingerprint density at radius 3 is 2.42 bits per heavy atom. The fraction of sp³-hybridized carbons (Fsp3) is 0.556. The van der Waals surface area contributed by atoms with Crippen LogP contribution in [0.15, 0.2) is 24.3 Å². The zero-order valence-corrected chi connectivity index (χ0v) is 15.2. The minimum absolute atomic E-state index is 0.137. The third-order valence-corrected chi connectivity index (χ3v) is 4.51. The number of carbonyl (C=O) groups is 2. The number of nitrogens with zero attached hydrogens (tertiary/aromatic N) is 1. The van der Waals surface area contributed by atoms with E-state index in [1.165, 1.54) is 0 Å². The summed E-state index contributed by atoms with van der Waals surface area (Å²) in [5.41, 5.74) is 0.229. The van der Waals surface area contributed by atoms with Crippen molar-refractivity contribution in [1.82, 2.24) is 15.5 Å². The minimum atomic E-state index is -0.841. The molecule has 132 valence electrons. The van der Waals surface area contributed by atoms with E-state index >= 15 is 0 Å². The van der Waals surface area contributed by atoms with Crippen LogP contribution < -0.4 is 10.6 Å². The number of hydrogen-bond acceptors (Lipinski definition) is 3. The van der Waals surface area contributed by atoms with Crippen LogP contribution in [0.3, 0.4) is 0 Å². The highest BCUT2D eigenvalue weighted by atomic mass is 35.5. The van der Waals surface area contributed by atoms with Gasteiger partial charge in [-0.15, -0.1) is 0 Å². The topological polar surface area (TPSA) is 61.4 Å². The minimum Gasteiger partial charge on any atom is -0.355 e. The Morgan fingerprint density at radius 1 is 1.17 bits per heavy atom. The van der Waals surface area contributed by atoms with Gasteiger partial charge in [-0.3, -0.25) is 9.59 Å². The van der Waals surface area contributed by atoms with Crippen molar-refractivity contribution in [1.29, 1.82) is 0 Å². The molecule has 0 radical (unpaired) electrons. The molecular weight excluding hydrogens is 326 g/mol. The quantitative estimate of drug-likeness (QED) is 0.527. The zero-order valence-electron chi connectivity index (χ0n) is 14.4. The number of halogens is 1. The average Bonchev–Trinajstić information content (AvgIpc) is 3.33. The van der Waals surface area contributed by atoms with Crippen LogP contribution in [0, 0.1) is 5.41 Å². The highest BCUT2D eigenvalue weighted by molar-refractivity contribution is 6.30. The summed E-state index contributed by atoms with van der Waals surface area (Å²) in [6.45, 7) is 2.03. The number of rotatable bonds is 9. The number of carbonyl (C=O) groups excluding carboxylic acids is 2. The van der Waals surface area contributed by atoms with Crippen LogP contribution in [0.1, 0.15) is 24.8 Å². The predicted molar refractivity (Wildman–Crippen MR) is 96.0 cm³/mol. The lowest BCUT2D eigenvalue weighted by molar-refractivity contribution is -0.137. The van der Waals surface area contributed by atoms with Gasteiger partial charge in [-0.05, 0) is 64.0 Å². The molecule has 1 aromatic carbocycles. The predicted octanol–water partition coefficient (Wildman–Crippen LogP) is 1.85. The van der Waals surface area contributed by atoms with Crippen LogP contribution in [-0.2, 0) is 16.0 Å². The second-order valence-electron chi connectivity index (χ2n) is 6.63.